The van der Waals surface area contributed by atoms with Crippen molar-refractivity contribution >= 4 is 33.9 Å². The summed E-state index contributed by atoms with van der Waals surface area (Å²) < 4.78 is 11.4. The summed E-state index contributed by atoms with van der Waals surface area (Å²) in [5.41, 5.74) is 1.96. The third-order valence-corrected chi connectivity index (χ3v) is 3.21. The number of ether oxygens (including phenoxy) is 2. The summed E-state index contributed by atoms with van der Waals surface area (Å²) in [6.45, 7) is 6.65. The molecule has 2 amide bonds. The van der Waals surface area contributed by atoms with E-state index < -0.39 is 29.6 Å². The third kappa shape index (κ3) is 5.59. The zero-order valence-electron chi connectivity index (χ0n) is 13.6. The summed E-state index contributed by atoms with van der Waals surface area (Å²) >= 11 is 3.20. The van der Waals surface area contributed by atoms with Crippen molar-refractivity contribution in [2.24, 2.45) is 0 Å². The SMILES string of the molecule is COC(=O)c1c(Br)ccn1NC(=O)C(C)NC(=O)OC(C)(C)C. The Hall–Kier alpha value is -2.03. The fourth-order valence-electron chi connectivity index (χ4n) is 1.56. The molecule has 1 aromatic rings. The average Bonchev–Trinajstić information content (AvgIpc) is 2.76. The van der Waals surface area contributed by atoms with Gasteiger partial charge < -0.3 is 14.8 Å². The van der Waals surface area contributed by atoms with E-state index in [1.54, 1.807) is 26.8 Å². The molecule has 0 fully saturated rings. The van der Waals surface area contributed by atoms with E-state index in [0.29, 0.717) is 4.47 Å². The molecule has 0 bridgehead atoms. The Morgan fingerprint density at radius 2 is 1.91 bits per heavy atom. The van der Waals surface area contributed by atoms with Crippen LogP contribution in [0.25, 0.3) is 0 Å². The number of methoxy groups -OCH3 is 1. The van der Waals surface area contributed by atoms with E-state index in [0.717, 1.165) is 0 Å². The molecule has 23 heavy (non-hydrogen) atoms. The molecular formula is C14H20BrN3O5. The second-order valence-electron chi connectivity index (χ2n) is 5.72. The van der Waals surface area contributed by atoms with Crippen LogP contribution in [-0.4, -0.2) is 41.4 Å². The summed E-state index contributed by atoms with van der Waals surface area (Å²) in [6, 6.07) is 0.718. The molecule has 0 aliphatic rings. The van der Waals surface area contributed by atoms with Crippen LogP contribution in [-0.2, 0) is 14.3 Å². The third-order valence-electron chi connectivity index (χ3n) is 2.57. The van der Waals surface area contributed by atoms with Gasteiger partial charge in [-0.1, -0.05) is 0 Å². The van der Waals surface area contributed by atoms with E-state index in [9.17, 15) is 14.4 Å². The summed E-state index contributed by atoms with van der Waals surface area (Å²) in [4.78, 5) is 35.5. The van der Waals surface area contributed by atoms with Crippen molar-refractivity contribution in [2.45, 2.75) is 39.3 Å². The van der Waals surface area contributed by atoms with Crippen molar-refractivity contribution in [1.82, 2.24) is 9.99 Å². The summed E-state index contributed by atoms with van der Waals surface area (Å²) in [5.74, 6) is -1.14. The number of aromatic nitrogens is 1. The highest BCUT2D eigenvalue weighted by Gasteiger charge is 2.23. The second-order valence-corrected chi connectivity index (χ2v) is 6.57. The Balaban J connectivity index is 2.73. The van der Waals surface area contributed by atoms with E-state index in [-0.39, 0.29) is 5.69 Å². The van der Waals surface area contributed by atoms with Crippen LogP contribution in [0.1, 0.15) is 38.2 Å². The molecule has 8 nitrogen and oxygen atoms in total. The molecule has 0 aromatic carbocycles. The predicted octanol–water partition coefficient (Wildman–Crippen LogP) is 2.02. The van der Waals surface area contributed by atoms with E-state index in [1.165, 1.54) is 24.9 Å². The van der Waals surface area contributed by atoms with Gasteiger partial charge in [-0.2, -0.15) is 0 Å². The fraction of sp³-hybridized carbons (Fsp3) is 0.500. The number of nitrogens with zero attached hydrogens (tertiary/aromatic N) is 1. The standard InChI is InChI=1S/C14H20BrN3O5/c1-8(16-13(21)23-14(2,3)4)11(19)17-18-7-6-9(15)10(18)12(20)22-5/h6-8H,1-5H3,(H,16,21)(H,17,19). The molecule has 1 atom stereocenters. The Labute approximate surface area is 142 Å². The minimum absolute atomic E-state index is 0.130. The molecule has 1 heterocycles. The average molecular weight is 390 g/mol. The number of esters is 1. The van der Waals surface area contributed by atoms with Gasteiger partial charge in [-0.25, -0.2) is 9.59 Å². The number of halogens is 1. The highest BCUT2D eigenvalue weighted by atomic mass is 79.9. The lowest BCUT2D eigenvalue weighted by Gasteiger charge is -2.22. The van der Waals surface area contributed by atoms with Crippen LogP contribution in [0.15, 0.2) is 16.7 Å². The van der Waals surface area contributed by atoms with Crippen molar-refractivity contribution in [3.63, 3.8) is 0 Å². The maximum absolute atomic E-state index is 12.1. The first kappa shape index (κ1) is 19.0. The zero-order chi connectivity index (χ0) is 17.8. The maximum atomic E-state index is 12.1. The Bertz CT molecular complexity index is 606. The van der Waals surface area contributed by atoms with E-state index in [1.807, 2.05) is 0 Å². The topological polar surface area (TPSA) is 98.7 Å². The van der Waals surface area contributed by atoms with Crippen LogP contribution < -0.4 is 10.7 Å². The van der Waals surface area contributed by atoms with Crippen molar-refractivity contribution in [2.75, 3.05) is 12.5 Å². The largest absolute Gasteiger partial charge is 0.464 e. The normalized spacial score (nSPS) is 12.3. The molecule has 2 N–H and O–H groups in total. The van der Waals surface area contributed by atoms with E-state index in [2.05, 4.69) is 31.4 Å². The highest BCUT2D eigenvalue weighted by molar-refractivity contribution is 9.10. The number of nitrogens with one attached hydrogen (secondary N) is 2. The lowest BCUT2D eigenvalue weighted by atomic mass is 10.2. The van der Waals surface area contributed by atoms with Gasteiger partial charge in [0.15, 0.2) is 5.69 Å². The fourth-order valence-corrected chi connectivity index (χ4v) is 2.03. The van der Waals surface area contributed by atoms with E-state index >= 15 is 0 Å². The molecule has 0 saturated carbocycles. The summed E-state index contributed by atoms with van der Waals surface area (Å²) in [7, 11) is 1.24. The summed E-state index contributed by atoms with van der Waals surface area (Å²) in [5, 5.41) is 2.41. The summed E-state index contributed by atoms with van der Waals surface area (Å²) in [6.07, 6.45) is 0.774. The molecule has 128 valence electrons. The number of carbonyl (C=O) groups excluding carboxylic acids is 3. The van der Waals surface area contributed by atoms with Crippen LogP contribution in [0, 0.1) is 0 Å². The van der Waals surface area contributed by atoms with Gasteiger partial charge in [0.2, 0.25) is 0 Å². The van der Waals surface area contributed by atoms with Gasteiger partial charge in [-0.05, 0) is 49.7 Å². The Kier molecular flexibility index (Phi) is 6.20. The molecule has 0 radical (unpaired) electrons. The molecule has 1 aromatic heterocycles. The van der Waals surface area contributed by atoms with Gasteiger partial charge in [0, 0.05) is 6.20 Å². The van der Waals surface area contributed by atoms with Crippen molar-refractivity contribution in [3.8, 4) is 0 Å². The van der Waals surface area contributed by atoms with Crippen molar-refractivity contribution in [3.05, 3.63) is 22.4 Å². The Morgan fingerprint density at radius 1 is 1.30 bits per heavy atom. The minimum atomic E-state index is -0.864. The smallest absolute Gasteiger partial charge is 0.408 e. The molecule has 0 aliphatic carbocycles. The van der Waals surface area contributed by atoms with Crippen molar-refractivity contribution in [1.29, 1.82) is 0 Å². The quantitative estimate of drug-likeness (QED) is 0.767. The van der Waals surface area contributed by atoms with Gasteiger partial charge >= 0.3 is 12.1 Å². The minimum Gasteiger partial charge on any atom is -0.464 e. The number of rotatable bonds is 4. The lowest BCUT2D eigenvalue weighted by Crippen LogP contribution is -2.45. The molecule has 1 rings (SSSR count). The molecular weight excluding hydrogens is 370 g/mol. The monoisotopic (exact) mass is 389 g/mol. The molecule has 0 aliphatic heterocycles. The first-order chi connectivity index (χ1) is 10.5. The lowest BCUT2D eigenvalue weighted by molar-refractivity contribution is -0.118. The Morgan fingerprint density at radius 3 is 2.43 bits per heavy atom. The maximum Gasteiger partial charge on any atom is 0.408 e. The van der Waals surface area contributed by atoms with Crippen LogP contribution >= 0.6 is 15.9 Å². The second kappa shape index (κ2) is 7.49. The predicted molar refractivity (Wildman–Crippen MR) is 86.7 cm³/mol. The van der Waals surface area contributed by atoms with Gasteiger partial charge in [0.1, 0.15) is 11.6 Å². The first-order valence-corrected chi connectivity index (χ1v) is 7.60. The zero-order valence-corrected chi connectivity index (χ0v) is 15.2. The van der Waals surface area contributed by atoms with Gasteiger partial charge in [0.05, 0.1) is 11.6 Å². The highest BCUT2D eigenvalue weighted by Crippen LogP contribution is 2.18. The number of hydrogen-bond donors (Lipinski definition) is 2. The number of hydrogen-bond acceptors (Lipinski definition) is 5. The van der Waals surface area contributed by atoms with Crippen molar-refractivity contribution < 1.29 is 23.9 Å². The number of alkyl carbamates (subject to hydrolysis) is 1. The van der Waals surface area contributed by atoms with Crippen LogP contribution in [0.5, 0.6) is 0 Å². The molecule has 0 saturated heterocycles. The number of amides is 2. The van der Waals surface area contributed by atoms with Gasteiger partial charge in [-0.3, -0.25) is 14.9 Å². The van der Waals surface area contributed by atoms with Gasteiger partial charge in [-0.15, -0.1) is 0 Å². The van der Waals surface area contributed by atoms with Gasteiger partial charge in [0.25, 0.3) is 5.91 Å². The van der Waals surface area contributed by atoms with Crippen LogP contribution in [0.3, 0.4) is 0 Å². The van der Waals surface area contributed by atoms with Crippen LogP contribution in [0.4, 0.5) is 4.79 Å². The van der Waals surface area contributed by atoms with E-state index in [4.69, 9.17) is 4.74 Å². The number of carbonyl (C=O) groups is 3. The molecule has 9 heteroatoms. The van der Waals surface area contributed by atoms with Crippen LogP contribution in [0.2, 0.25) is 0 Å². The molecule has 1 unspecified atom stereocenters. The first-order valence-electron chi connectivity index (χ1n) is 6.80. The molecule has 0 spiro atoms.